The Morgan fingerprint density at radius 3 is 2.28 bits per heavy atom. The van der Waals surface area contributed by atoms with Crippen LogP contribution in [-0.2, 0) is 4.79 Å². The van der Waals surface area contributed by atoms with Crippen molar-refractivity contribution in [3.8, 4) is 0 Å². The molecule has 0 radical (unpaired) electrons. The molecule has 0 unspecified atom stereocenters. The zero-order chi connectivity index (χ0) is 13.6. The van der Waals surface area contributed by atoms with Crippen LogP contribution in [0.1, 0.15) is 44.9 Å². The molecule has 1 rings (SSSR count). The Morgan fingerprint density at radius 2 is 1.78 bits per heavy atom. The van der Waals surface area contributed by atoms with Gasteiger partial charge in [0.15, 0.2) is 0 Å². The van der Waals surface area contributed by atoms with Gasteiger partial charge in [-0.25, -0.2) is 0 Å². The maximum absolute atomic E-state index is 12.3. The fourth-order valence-electron chi connectivity index (χ4n) is 1.92. The molecular weight excluding hydrogens is 245 g/mol. The molecule has 6 heteroatoms. The van der Waals surface area contributed by atoms with Gasteiger partial charge < -0.3 is 10.6 Å². The van der Waals surface area contributed by atoms with Crippen molar-refractivity contribution in [3.05, 3.63) is 0 Å². The Balaban J connectivity index is 2.27. The molecule has 18 heavy (non-hydrogen) atoms. The number of rotatable bonds is 8. The first kappa shape index (κ1) is 15.3. The number of carbonyl (C=O) groups is 1. The normalized spacial score (nSPS) is 15.8. The van der Waals surface area contributed by atoms with Gasteiger partial charge in [0.1, 0.15) is 6.54 Å². The highest BCUT2D eigenvalue weighted by atomic mass is 19.4. The van der Waals surface area contributed by atoms with Crippen molar-refractivity contribution in [2.45, 2.75) is 57.2 Å². The van der Waals surface area contributed by atoms with Crippen molar-refractivity contribution < 1.29 is 18.0 Å². The summed E-state index contributed by atoms with van der Waals surface area (Å²) in [5.41, 5.74) is 5.34. The molecule has 1 aliphatic rings. The lowest BCUT2D eigenvalue weighted by Crippen LogP contribution is -2.40. The van der Waals surface area contributed by atoms with Gasteiger partial charge in [-0.05, 0) is 32.2 Å². The van der Waals surface area contributed by atoms with E-state index in [4.69, 9.17) is 5.73 Å². The lowest BCUT2D eigenvalue weighted by Gasteiger charge is -2.23. The van der Waals surface area contributed by atoms with Crippen LogP contribution in [-0.4, -0.2) is 36.1 Å². The van der Waals surface area contributed by atoms with Gasteiger partial charge in [-0.15, -0.1) is 0 Å². The molecule has 0 aliphatic heterocycles. The largest absolute Gasteiger partial charge is 0.406 e. The van der Waals surface area contributed by atoms with Crippen LogP contribution in [0.5, 0.6) is 0 Å². The van der Waals surface area contributed by atoms with Gasteiger partial charge in [0.25, 0.3) is 0 Å². The maximum atomic E-state index is 12.3. The third kappa shape index (κ3) is 6.23. The minimum atomic E-state index is -4.29. The van der Waals surface area contributed by atoms with E-state index < -0.39 is 12.7 Å². The second-order valence-electron chi connectivity index (χ2n) is 4.82. The van der Waals surface area contributed by atoms with E-state index in [1.807, 2.05) is 0 Å². The summed E-state index contributed by atoms with van der Waals surface area (Å²) in [5, 5.41) is 0. The lowest BCUT2D eigenvalue weighted by atomic mass is 10.1. The summed E-state index contributed by atoms with van der Waals surface area (Å²) in [6.07, 6.45) is 0.682. The van der Waals surface area contributed by atoms with E-state index in [0.29, 0.717) is 25.8 Å². The first-order chi connectivity index (χ1) is 8.44. The summed E-state index contributed by atoms with van der Waals surface area (Å²) in [7, 11) is 0. The number of unbranched alkanes of at least 4 members (excludes halogenated alkanes) is 3. The molecule has 0 heterocycles. The molecule has 2 N–H and O–H groups in total. The highest BCUT2D eigenvalue weighted by Gasteiger charge is 2.40. The third-order valence-corrected chi connectivity index (χ3v) is 3.00. The number of alkyl halides is 3. The molecule has 3 nitrogen and oxygen atoms in total. The van der Waals surface area contributed by atoms with E-state index in [1.165, 1.54) is 0 Å². The van der Waals surface area contributed by atoms with Crippen LogP contribution in [0.4, 0.5) is 13.2 Å². The Hall–Kier alpha value is -0.780. The number of carbonyl (C=O) groups excluding carboxylic acids is 1. The SMILES string of the molecule is NCCCCCCC(=O)N(CC(F)(F)F)C1CC1. The van der Waals surface area contributed by atoms with Crippen molar-refractivity contribution in [1.29, 1.82) is 0 Å². The average Bonchev–Trinajstić information content (AvgIpc) is 3.08. The lowest BCUT2D eigenvalue weighted by molar-refractivity contribution is -0.162. The van der Waals surface area contributed by atoms with Crippen LogP contribution in [0, 0.1) is 0 Å². The van der Waals surface area contributed by atoms with Gasteiger partial charge in [-0.2, -0.15) is 13.2 Å². The van der Waals surface area contributed by atoms with Gasteiger partial charge in [-0.3, -0.25) is 4.79 Å². The summed E-state index contributed by atoms with van der Waals surface area (Å²) in [6.45, 7) is -0.477. The molecule has 1 fully saturated rings. The Morgan fingerprint density at radius 1 is 1.17 bits per heavy atom. The highest BCUT2D eigenvalue weighted by Crippen LogP contribution is 2.30. The monoisotopic (exact) mass is 266 g/mol. The van der Waals surface area contributed by atoms with Crippen molar-refractivity contribution >= 4 is 5.91 Å². The summed E-state index contributed by atoms with van der Waals surface area (Å²) in [5.74, 6) is -0.359. The van der Waals surface area contributed by atoms with E-state index in [0.717, 1.165) is 24.2 Å². The van der Waals surface area contributed by atoms with Crippen molar-refractivity contribution in [1.82, 2.24) is 4.90 Å². The quantitative estimate of drug-likeness (QED) is 0.686. The topological polar surface area (TPSA) is 46.3 Å². The van der Waals surface area contributed by atoms with Crippen LogP contribution < -0.4 is 5.73 Å². The molecular formula is C12H21F3N2O. The molecule has 0 saturated heterocycles. The van der Waals surface area contributed by atoms with E-state index >= 15 is 0 Å². The predicted octanol–water partition coefficient (Wildman–Crippen LogP) is 2.45. The van der Waals surface area contributed by atoms with Crippen molar-refractivity contribution in [3.63, 3.8) is 0 Å². The van der Waals surface area contributed by atoms with E-state index in [1.54, 1.807) is 0 Å². The van der Waals surface area contributed by atoms with Gasteiger partial charge in [-0.1, -0.05) is 12.8 Å². The standard InChI is InChI=1S/C12H21F3N2O/c13-12(14,15)9-17(10-6-7-10)11(18)5-3-1-2-4-8-16/h10H,1-9,16H2. The highest BCUT2D eigenvalue weighted by molar-refractivity contribution is 5.76. The van der Waals surface area contributed by atoms with Gasteiger partial charge >= 0.3 is 6.18 Å². The van der Waals surface area contributed by atoms with E-state index in [9.17, 15) is 18.0 Å². The first-order valence-electron chi connectivity index (χ1n) is 6.50. The van der Waals surface area contributed by atoms with Crippen LogP contribution in [0.15, 0.2) is 0 Å². The van der Waals surface area contributed by atoms with Gasteiger partial charge in [0.2, 0.25) is 5.91 Å². The Labute approximate surface area is 106 Å². The smallest absolute Gasteiger partial charge is 0.331 e. The molecule has 0 aromatic carbocycles. The summed E-state index contributed by atoms with van der Waals surface area (Å²) >= 11 is 0. The average molecular weight is 266 g/mol. The molecule has 0 aromatic heterocycles. The Kier molecular flexibility index (Phi) is 5.91. The minimum Gasteiger partial charge on any atom is -0.331 e. The molecule has 1 aliphatic carbocycles. The number of nitrogens with two attached hydrogens (primary N) is 1. The van der Waals surface area contributed by atoms with Crippen LogP contribution in [0.3, 0.4) is 0 Å². The molecule has 0 spiro atoms. The third-order valence-electron chi connectivity index (χ3n) is 3.00. The number of hydrogen-bond acceptors (Lipinski definition) is 2. The summed E-state index contributed by atoms with van der Waals surface area (Å²) in [6, 6.07) is -0.178. The maximum Gasteiger partial charge on any atom is 0.406 e. The number of nitrogens with zero attached hydrogens (tertiary/aromatic N) is 1. The fraction of sp³-hybridized carbons (Fsp3) is 0.917. The van der Waals surface area contributed by atoms with Crippen LogP contribution >= 0.6 is 0 Å². The van der Waals surface area contributed by atoms with Crippen molar-refractivity contribution in [2.75, 3.05) is 13.1 Å². The summed E-state index contributed by atoms with van der Waals surface area (Å²) < 4.78 is 37.0. The predicted molar refractivity (Wildman–Crippen MR) is 62.9 cm³/mol. The van der Waals surface area contributed by atoms with Gasteiger partial charge in [0.05, 0.1) is 0 Å². The zero-order valence-electron chi connectivity index (χ0n) is 10.5. The molecule has 1 amide bonds. The number of hydrogen-bond donors (Lipinski definition) is 1. The summed E-state index contributed by atoms with van der Waals surface area (Å²) in [4.78, 5) is 12.7. The molecule has 1 saturated carbocycles. The van der Waals surface area contributed by atoms with E-state index in [-0.39, 0.29) is 18.4 Å². The zero-order valence-corrected chi connectivity index (χ0v) is 10.5. The molecule has 106 valence electrons. The second-order valence-corrected chi connectivity index (χ2v) is 4.82. The number of amides is 1. The van der Waals surface area contributed by atoms with E-state index in [2.05, 4.69) is 0 Å². The van der Waals surface area contributed by atoms with Crippen molar-refractivity contribution in [2.24, 2.45) is 5.73 Å². The second kappa shape index (κ2) is 6.97. The van der Waals surface area contributed by atoms with Crippen LogP contribution in [0.25, 0.3) is 0 Å². The Bertz CT molecular complexity index is 265. The van der Waals surface area contributed by atoms with Crippen LogP contribution in [0.2, 0.25) is 0 Å². The van der Waals surface area contributed by atoms with Gasteiger partial charge in [0, 0.05) is 12.5 Å². The fourth-order valence-corrected chi connectivity index (χ4v) is 1.92. The molecule has 0 bridgehead atoms. The molecule has 0 atom stereocenters. The first-order valence-corrected chi connectivity index (χ1v) is 6.50. The molecule has 0 aromatic rings. The number of halogens is 3. The minimum absolute atomic E-state index is 0.178.